The Morgan fingerprint density at radius 3 is 3.19 bits per heavy atom. The molecule has 0 aliphatic carbocycles. The van der Waals surface area contributed by atoms with Crippen molar-refractivity contribution in [1.29, 1.82) is 0 Å². The summed E-state index contributed by atoms with van der Waals surface area (Å²) in [5.74, 6) is 0. The molecule has 1 atom stereocenters. The maximum absolute atomic E-state index is 10.7. The van der Waals surface area contributed by atoms with Gasteiger partial charge in [-0.15, -0.1) is 0 Å². The van der Waals surface area contributed by atoms with E-state index in [0.717, 1.165) is 30.9 Å². The largest absolute Gasteiger partial charge is 0.375 e. The van der Waals surface area contributed by atoms with Crippen molar-refractivity contribution in [2.24, 2.45) is 0 Å². The van der Waals surface area contributed by atoms with Crippen molar-refractivity contribution in [3.05, 3.63) is 10.0 Å². The third-order valence-electron chi connectivity index (χ3n) is 2.57. The number of rotatable bonds is 3. The number of carbonyl (C=O) groups excluding carboxylic acids is 1. The molecule has 0 radical (unpaired) electrons. The highest BCUT2D eigenvalue weighted by Gasteiger charge is 2.22. The molecule has 0 amide bonds. The molecule has 1 aliphatic heterocycles. The Morgan fingerprint density at radius 2 is 2.56 bits per heavy atom. The Kier molecular flexibility index (Phi) is 3.78. The molecule has 16 heavy (non-hydrogen) atoms. The smallest absolute Gasteiger partial charge is 0.187 e. The predicted molar refractivity (Wildman–Crippen MR) is 64.8 cm³/mol. The van der Waals surface area contributed by atoms with Gasteiger partial charge in [0, 0.05) is 13.1 Å². The molecule has 6 heteroatoms. The van der Waals surface area contributed by atoms with Crippen molar-refractivity contribution in [2.45, 2.75) is 19.4 Å². The minimum absolute atomic E-state index is 0.246. The van der Waals surface area contributed by atoms with Crippen molar-refractivity contribution >= 4 is 34.4 Å². The van der Waals surface area contributed by atoms with Crippen LogP contribution in [0.5, 0.6) is 0 Å². The Balaban J connectivity index is 2.13. The highest BCUT2D eigenvalue weighted by Crippen LogP contribution is 2.29. The second-order valence-electron chi connectivity index (χ2n) is 3.62. The van der Waals surface area contributed by atoms with Gasteiger partial charge in [-0.05, 0) is 6.42 Å². The van der Waals surface area contributed by atoms with Crippen molar-refractivity contribution < 1.29 is 9.53 Å². The molecule has 1 fully saturated rings. The zero-order chi connectivity index (χ0) is 11.5. The van der Waals surface area contributed by atoms with Gasteiger partial charge in [-0.3, -0.25) is 4.79 Å². The lowest BCUT2D eigenvalue weighted by Crippen LogP contribution is -2.42. The molecule has 0 saturated carbocycles. The van der Waals surface area contributed by atoms with Crippen LogP contribution in [-0.4, -0.2) is 37.1 Å². The number of halogens is 1. The van der Waals surface area contributed by atoms with E-state index in [1.165, 1.54) is 11.3 Å². The number of carbonyl (C=O) groups is 1. The standard InChI is InChI=1S/C10H13ClN2O2S/c1-2-7-5-13(3-4-15-7)10-12-9(11)8(6-14)16-10/h6-7H,2-5H2,1H3. The molecule has 4 nitrogen and oxygen atoms in total. The topological polar surface area (TPSA) is 42.4 Å². The third kappa shape index (κ3) is 2.36. The van der Waals surface area contributed by atoms with Crippen molar-refractivity contribution in [3.8, 4) is 0 Å². The number of aldehydes is 1. The maximum atomic E-state index is 10.7. The molecular formula is C10H13ClN2O2S. The van der Waals surface area contributed by atoms with E-state index in [2.05, 4.69) is 16.8 Å². The average Bonchev–Trinajstić information content (AvgIpc) is 2.71. The van der Waals surface area contributed by atoms with E-state index in [1.807, 2.05) is 0 Å². The zero-order valence-electron chi connectivity index (χ0n) is 8.98. The lowest BCUT2D eigenvalue weighted by Gasteiger charge is -2.32. The quantitative estimate of drug-likeness (QED) is 0.782. The highest BCUT2D eigenvalue weighted by molar-refractivity contribution is 7.17. The van der Waals surface area contributed by atoms with Gasteiger partial charge in [-0.2, -0.15) is 0 Å². The molecule has 2 rings (SSSR count). The number of ether oxygens (including phenoxy) is 1. The zero-order valence-corrected chi connectivity index (χ0v) is 10.6. The molecule has 1 aromatic heterocycles. The number of nitrogens with zero attached hydrogens (tertiary/aromatic N) is 2. The van der Waals surface area contributed by atoms with Gasteiger partial charge in [0.1, 0.15) is 4.88 Å². The number of anilines is 1. The van der Waals surface area contributed by atoms with Crippen molar-refractivity contribution in [2.75, 3.05) is 24.6 Å². The van der Waals surface area contributed by atoms with Gasteiger partial charge in [0.15, 0.2) is 16.6 Å². The van der Waals surface area contributed by atoms with E-state index < -0.39 is 0 Å². The normalized spacial score (nSPS) is 21.1. The number of aromatic nitrogens is 1. The summed E-state index contributed by atoms with van der Waals surface area (Å²) >= 11 is 7.18. The van der Waals surface area contributed by atoms with Gasteiger partial charge in [0.05, 0.1) is 12.7 Å². The SMILES string of the molecule is CCC1CN(c2nc(Cl)c(C=O)s2)CCO1. The highest BCUT2D eigenvalue weighted by atomic mass is 35.5. The van der Waals surface area contributed by atoms with E-state index in [4.69, 9.17) is 16.3 Å². The van der Waals surface area contributed by atoms with E-state index in [1.54, 1.807) is 0 Å². The van der Waals surface area contributed by atoms with Gasteiger partial charge in [0.25, 0.3) is 0 Å². The summed E-state index contributed by atoms with van der Waals surface area (Å²) in [6, 6.07) is 0. The van der Waals surface area contributed by atoms with E-state index in [-0.39, 0.29) is 6.10 Å². The predicted octanol–water partition coefficient (Wildman–Crippen LogP) is 2.22. The average molecular weight is 261 g/mol. The number of hydrogen-bond donors (Lipinski definition) is 0. The van der Waals surface area contributed by atoms with E-state index in [0.29, 0.717) is 16.6 Å². The number of morpholine rings is 1. The van der Waals surface area contributed by atoms with Gasteiger partial charge in [-0.1, -0.05) is 29.9 Å². The molecule has 0 spiro atoms. The molecule has 0 bridgehead atoms. The lowest BCUT2D eigenvalue weighted by molar-refractivity contribution is 0.0384. The number of hydrogen-bond acceptors (Lipinski definition) is 5. The molecule has 88 valence electrons. The first kappa shape index (κ1) is 11.8. The molecule has 0 aromatic carbocycles. The summed E-state index contributed by atoms with van der Waals surface area (Å²) in [5, 5.41) is 1.11. The molecule has 1 aromatic rings. The van der Waals surface area contributed by atoms with Crippen LogP contribution in [0, 0.1) is 0 Å². The van der Waals surface area contributed by atoms with Crippen LogP contribution in [0.2, 0.25) is 5.15 Å². The van der Waals surface area contributed by atoms with Crippen LogP contribution in [0.4, 0.5) is 5.13 Å². The van der Waals surface area contributed by atoms with Gasteiger partial charge < -0.3 is 9.64 Å². The fourth-order valence-corrected chi connectivity index (χ4v) is 2.75. The van der Waals surface area contributed by atoms with E-state index >= 15 is 0 Å². The van der Waals surface area contributed by atoms with Gasteiger partial charge >= 0.3 is 0 Å². The summed E-state index contributed by atoms with van der Waals surface area (Å²) in [6.07, 6.45) is 1.98. The van der Waals surface area contributed by atoms with Crippen LogP contribution in [-0.2, 0) is 4.74 Å². The first-order chi connectivity index (χ1) is 7.74. The summed E-state index contributed by atoms with van der Waals surface area (Å²) in [6.45, 7) is 4.42. The minimum Gasteiger partial charge on any atom is -0.375 e. The molecule has 1 saturated heterocycles. The fraction of sp³-hybridized carbons (Fsp3) is 0.600. The molecule has 1 unspecified atom stereocenters. The fourth-order valence-electron chi connectivity index (χ4n) is 1.65. The van der Waals surface area contributed by atoms with Crippen LogP contribution in [0.1, 0.15) is 23.0 Å². The Labute approximate surface area is 103 Å². The Hall–Kier alpha value is -0.650. The van der Waals surface area contributed by atoms with Crippen LogP contribution < -0.4 is 4.90 Å². The van der Waals surface area contributed by atoms with Crippen LogP contribution in [0.25, 0.3) is 0 Å². The van der Waals surface area contributed by atoms with Crippen molar-refractivity contribution in [3.63, 3.8) is 0 Å². The second-order valence-corrected chi connectivity index (χ2v) is 4.98. The van der Waals surface area contributed by atoms with Crippen LogP contribution >= 0.6 is 22.9 Å². The summed E-state index contributed by atoms with van der Waals surface area (Å²) in [5.41, 5.74) is 0. The molecular weight excluding hydrogens is 248 g/mol. The summed E-state index contributed by atoms with van der Waals surface area (Å²) < 4.78 is 5.57. The lowest BCUT2D eigenvalue weighted by atomic mass is 10.2. The van der Waals surface area contributed by atoms with Crippen molar-refractivity contribution in [1.82, 2.24) is 4.98 Å². The second kappa shape index (κ2) is 5.12. The first-order valence-electron chi connectivity index (χ1n) is 5.22. The molecule has 0 N–H and O–H groups in total. The van der Waals surface area contributed by atoms with Gasteiger partial charge in [-0.25, -0.2) is 4.98 Å². The van der Waals surface area contributed by atoms with E-state index in [9.17, 15) is 4.79 Å². The van der Waals surface area contributed by atoms with Gasteiger partial charge in [0.2, 0.25) is 0 Å². The Morgan fingerprint density at radius 1 is 1.75 bits per heavy atom. The molecule has 2 heterocycles. The summed E-state index contributed by atoms with van der Waals surface area (Å²) in [4.78, 5) is 17.5. The number of thiazole rings is 1. The Bertz CT molecular complexity index is 383. The third-order valence-corrected chi connectivity index (χ3v) is 4.01. The maximum Gasteiger partial charge on any atom is 0.187 e. The summed E-state index contributed by atoms with van der Waals surface area (Å²) in [7, 11) is 0. The minimum atomic E-state index is 0.246. The molecule has 1 aliphatic rings. The monoisotopic (exact) mass is 260 g/mol. The van der Waals surface area contributed by atoms with Crippen LogP contribution in [0.15, 0.2) is 0 Å². The first-order valence-corrected chi connectivity index (χ1v) is 6.42. The van der Waals surface area contributed by atoms with Crippen LogP contribution in [0.3, 0.4) is 0 Å².